The van der Waals surface area contributed by atoms with Crippen molar-refractivity contribution in [3.05, 3.63) is 35.4 Å². The van der Waals surface area contributed by atoms with Gasteiger partial charge in [-0.15, -0.1) is 0 Å². The molecule has 1 fully saturated rings. The summed E-state index contributed by atoms with van der Waals surface area (Å²) < 4.78 is 0. The quantitative estimate of drug-likeness (QED) is 0.930. The second-order valence-electron chi connectivity index (χ2n) is 6.37. The molecular weight excluding hydrogens is 266 g/mol. The SMILES string of the molecule is Cc1ccccc1C(C)(C)C(=O)N1CCC[C@H](C(=O)O)C1. The number of hydrogen-bond acceptors (Lipinski definition) is 2. The Morgan fingerprint density at radius 2 is 1.95 bits per heavy atom. The third-order valence-electron chi connectivity index (χ3n) is 4.41. The van der Waals surface area contributed by atoms with E-state index in [0.717, 1.165) is 17.5 Å². The van der Waals surface area contributed by atoms with Gasteiger partial charge in [-0.2, -0.15) is 0 Å². The van der Waals surface area contributed by atoms with Gasteiger partial charge in [-0.25, -0.2) is 0 Å². The molecular formula is C17H23NO3. The number of carbonyl (C=O) groups is 2. The highest BCUT2D eigenvalue weighted by Gasteiger charge is 2.37. The van der Waals surface area contributed by atoms with E-state index in [4.69, 9.17) is 5.11 Å². The van der Waals surface area contributed by atoms with Crippen molar-refractivity contribution in [2.45, 2.75) is 39.0 Å². The lowest BCUT2D eigenvalue weighted by Crippen LogP contribution is -2.49. The number of carbonyl (C=O) groups excluding carboxylic acids is 1. The number of carboxylic acid groups (broad SMARTS) is 1. The zero-order valence-electron chi connectivity index (χ0n) is 12.9. The van der Waals surface area contributed by atoms with Gasteiger partial charge in [0, 0.05) is 13.1 Å². The van der Waals surface area contributed by atoms with E-state index in [2.05, 4.69) is 0 Å². The fourth-order valence-electron chi connectivity index (χ4n) is 3.15. The van der Waals surface area contributed by atoms with E-state index in [-0.39, 0.29) is 5.91 Å². The number of carboxylic acids is 1. The van der Waals surface area contributed by atoms with Crippen molar-refractivity contribution >= 4 is 11.9 Å². The predicted octanol–water partition coefficient (Wildman–Crippen LogP) is 2.60. The Morgan fingerprint density at radius 1 is 1.29 bits per heavy atom. The van der Waals surface area contributed by atoms with Crippen LogP contribution in [0.25, 0.3) is 0 Å². The summed E-state index contributed by atoms with van der Waals surface area (Å²) in [6, 6.07) is 7.88. The summed E-state index contributed by atoms with van der Waals surface area (Å²) >= 11 is 0. The molecule has 21 heavy (non-hydrogen) atoms. The highest BCUT2D eigenvalue weighted by Crippen LogP contribution is 2.30. The third kappa shape index (κ3) is 3.09. The van der Waals surface area contributed by atoms with Gasteiger partial charge in [0.15, 0.2) is 0 Å². The molecule has 1 aromatic carbocycles. The number of benzene rings is 1. The van der Waals surface area contributed by atoms with Crippen LogP contribution in [0.2, 0.25) is 0 Å². The Kier molecular flexibility index (Phi) is 4.35. The lowest BCUT2D eigenvalue weighted by Gasteiger charge is -2.37. The van der Waals surface area contributed by atoms with Crippen LogP contribution in [0.1, 0.15) is 37.8 Å². The van der Waals surface area contributed by atoms with E-state index < -0.39 is 17.3 Å². The van der Waals surface area contributed by atoms with Crippen molar-refractivity contribution in [3.8, 4) is 0 Å². The molecule has 1 heterocycles. The monoisotopic (exact) mass is 289 g/mol. The molecule has 1 N–H and O–H groups in total. The molecule has 114 valence electrons. The predicted molar refractivity (Wildman–Crippen MR) is 81.1 cm³/mol. The minimum atomic E-state index is -0.804. The molecule has 0 unspecified atom stereocenters. The number of aliphatic carboxylic acids is 1. The Balaban J connectivity index is 2.22. The molecule has 0 aromatic heterocycles. The fraction of sp³-hybridized carbons (Fsp3) is 0.529. The van der Waals surface area contributed by atoms with E-state index in [9.17, 15) is 9.59 Å². The van der Waals surface area contributed by atoms with Gasteiger partial charge >= 0.3 is 5.97 Å². The van der Waals surface area contributed by atoms with Gasteiger partial charge in [-0.05, 0) is 44.7 Å². The summed E-state index contributed by atoms with van der Waals surface area (Å²) in [5.74, 6) is -1.22. The Hall–Kier alpha value is -1.84. The van der Waals surface area contributed by atoms with Crippen molar-refractivity contribution < 1.29 is 14.7 Å². The smallest absolute Gasteiger partial charge is 0.308 e. The summed E-state index contributed by atoms with van der Waals surface area (Å²) in [7, 11) is 0. The maximum absolute atomic E-state index is 12.9. The highest BCUT2D eigenvalue weighted by molar-refractivity contribution is 5.88. The summed E-state index contributed by atoms with van der Waals surface area (Å²) in [6.45, 7) is 6.81. The van der Waals surface area contributed by atoms with E-state index >= 15 is 0 Å². The molecule has 1 aromatic rings. The molecule has 1 aliphatic rings. The molecule has 0 aliphatic carbocycles. The molecule has 2 rings (SSSR count). The van der Waals surface area contributed by atoms with Crippen LogP contribution in [0, 0.1) is 12.8 Å². The summed E-state index contributed by atoms with van der Waals surface area (Å²) in [5.41, 5.74) is 1.46. The van der Waals surface area contributed by atoms with Crippen LogP contribution < -0.4 is 0 Å². The van der Waals surface area contributed by atoms with Crippen molar-refractivity contribution in [1.29, 1.82) is 0 Å². The molecule has 1 aliphatic heterocycles. The number of likely N-dealkylation sites (tertiary alicyclic amines) is 1. The van der Waals surface area contributed by atoms with Crippen LogP contribution in [0.5, 0.6) is 0 Å². The maximum Gasteiger partial charge on any atom is 0.308 e. The van der Waals surface area contributed by atoms with Crippen LogP contribution >= 0.6 is 0 Å². The van der Waals surface area contributed by atoms with Crippen LogP contribution in [0.15, 0.2) is 24.3 Å². The first-order valence-electron chi connectivity index (χ1n) is 7.42. The minimum absolute atomic E-state index is 0.0164. The van der Waals surface area contributed by atoms with Crippen molar-refractivity contribution in [2.24, 2.45) is 5.92 Å². The Labute approximate surface area is 125 Å². The summed E-state index contributed by atoms with van der Waals surface area (Å²) in [5, 5.41) is 9.16. The number of aryl methyl sites for hydroxylation is 1. The standard InChI is InChI=1S/C17H23NO3/c1-12-7-4-5-9-14(12)17(2,3)16(21)18-10-6-8-13(11-18)15(19)20/h4-5,7,9,13H,6,8,10-11H2,1-3H3,(H,19,20)/t13-/m0/s1. The number of rotatable bonds is 3. The third-order valence-corrected chi connectivity index (χ3v) is 4.41. The van der Waals surface area contributed by atoms with Gasteiger partial charge in [0.1, 0.15) is 0 Å². The molecule has 0 spiro atoms. The topological polar surface area (TPSA) is 57.6 Å². The Bertz CT molecular complexity index is 551. The lowest BCUT2D eigenvalue weighted by molar-refractivity contribution is -0.147. The second kappa shape index (κ2) is 5.88. The molecule has 1 atom stereocenters. The highest BCUT2D eigenvalue weighted by atomic mass is 16.4. The first kappa shape index (κ1) is 15.5. The van der Waals surface area contributed by atoms with E-state index in [0.29, 0.717) is 19.5 Å². The number of hydrogen-bond donors (Lipinski definition) is 1. The number of amides is 1. The molecule has 4 heteroatoms. The van der Waals surface area contributed by atoms with E-state index in [1.54, 1.807) is 4.90 Å². The zero-order valence-corrected chi connectivity index (χ0v) is 12.9. The fourth-order valence-corrected chi connectivity index (χ4v) is 3.15. The van der Waals surface area contributed by atoms with Crippen molar-refractivity contribution in [1.82, 2.24) is 4.90 Å². The number of nitrogens with zero attached hydrogens (tertiary/aromatic N) is 1. The van der Waals surface area contributed by atoms with Gasteiger partial charge in [-0.3, -0.25) is 9.59 Å². The second-order valence-corrected chi connectivity index (χ2v) is 6.37. The van der Waals surface area contributed by atoms with Gasteiger partial charge < -0.3 is 10.0 Å². The molecule has 0 bridgehead atoms. The lowest BCUT2D eigenvalue weighted by atomic mass is 9.80. The first-order chi connectivity index (χ1) is 9.84. The molecule has 1 amide bonds. The van der Waals surface area contributed by atoms with Gasteiger partial charge in [0.25, 0.3) is 0 Å². The minimum Gasteiger partial charge on any atom is -0.481 e. The average Bonchev–Trinajstić information content (AvgIpc) is 2.46. The molecule has 4 nitrogen and oxygen atoms in total. The maximum atomic E-state index is 12.9. The summed E-state index contributed by atoms with van der Waals surface area (Å²) in [4.78, 5) is 25.7. The molecule has 0 radical (unpaired) electrons. The van der Waals surface area contributed by atoms with Gasteiger partial charge in [0.2, 0.25) is 5.91 Å². The molecule has 1 saturated heterocycles. The van der Waals surface area contributed by atoms with Gasteiger partial charge in [-0.1, -0.05) is 24.3 Å². The van der Waals surface area contributed by atoms with Gasteiger partial charge in [0.05, 0.1) is 11.3 Å². The average molecular weight is 289 g/mol. The van der Waals surface area contributed by atoms with E-state index in [1.807, 2.05) is 45.0 Å². The Morgan fingerprint density at radius 3 is 2.57 bits per heavy atom. The van der Waals surface area contributed by atoms with Crippen LogP contribution in [-0.4, -0.2) is 35.0 Å². The normalized spacial score (nSPS) is 19.4. The first-order valence-corrected chi connectivity index (χ1v) is 7.42. The van der Waals surface area contributed by atoms with E-state index in [1.165, 1.54) is 0 Å². The largest absolute Gasteiger partial charge is 0.481 e. The van der Waals surface area contributed by atoms with Crippen molar-refractivity contribution in [3.63, 3.8) is 0 Å². The van der Waals surface area contributed by atoms with Crippen LogP contribution in [-0.2, 0) is 15.0 Å². The van der Waals surface area contributed by atoms with Crippen molar-refractivity contribution in [2.75, 3.05) is 13.1 Å². The number of piperidine rings is 1. The summed E-state index contributed by atoms with van der Waals surface area (Å²) in [6.07, 6.45) is 1.41. The zero-order chi connectivity index (χ0) is 15.6. The molecule has 0 saturated carbocycles. The van der Waals surface area contributed by atoms with Crippen LogP contribution in [0.4, 0.5) is 0 Å². The van der Waals surface area contributed by atoms with Crippen LogP contribution in [0.3, 0.4) is 0 Å².